The fourth-order valence-corrected chi connectivity index (χ4v) is 9.24. The van der Waals surface area contributed by atoms with Gasteiger partial charge in [0.15, 0.2) is 31.3 Å². The van der Waals surface area contributed by atoms with Gasteiger partial charge < -0.3 is 57.8 Å². The van der Waals surface area contributed by atoms with Gasteiger partial charge in [0.25, 0.3) is 0 Å². The molecule has 6 unspecified atom stereocenters. The number of carboxylic acid groups (broad SMARTS) is 1. The molecule has 0 aliphatic carbocycles. The number of amides is 1. The van der Waals surface area contributed by atoms with Crippen molar-refractivity contribution in [3.05, 3.63) is 179 Å². The fourth-order valence-electron chi connectivity index (χ4n) is 9.24. The van der Waals surface area contributed by atoms with E-state index in [-0.39, 0.29) is 23.8 Å². The first-order valence-electron chi connectivity index (χ1n) is 24.6. The normalized spacial score (nSPS) is 29.4. The predicted molar refractivity (Wildman–Crippen MR) is 262 cm³/mol. The second-order valence-electron chi connectivity index (χ2n) is 18.7. The number of fused-ring (bicyclic) bond motifs is 2. The summed E-state index contributed by atoms with van der Waals surface area (Å²) in [5.41, 5.74) is 5.07. The van der Waals surface area contributed by atoms with Crippen molar-refractivity contribution in [3.63, 3.8) is 0 Å². The second kappa shape index (κ2) is 25.3. The van der Waals surface area contributed by atoms with Crippen LogP contribution in [0, 0.1) is 11.8 Å². The van der Waals surface area contributed by atoms with E-state index in [0.29, 0.717) is 26.4 Å². The minimum absolute atomic E-state index is 0.0374. The first-order valence-corrected chi connectivity index (χ1v) is 24.6. The van der Waals surface area contributed by atoms with Crippen LogP contribution in [0.4, 0.5) is 0 Å². The Bertz CT molecular complexity index is 2370. The number of ether oxygens (including phenoxy) is 10. The third-order valence-electron chi connectivity index (χ3n) is 13.1. The van der Waals surface area contributed by atoms with Crippen LogP contribution in [0.1, 0.15) is 75.0 Å². The van der Waals surface area contributed by atoms with Crippen LogP contribution in [-0.2, 0) is 76.6 Å². The molecule has 4 aliphatic heterocycles. The molecular weight excluding hydrogens is 907 g/mol. The van der Waals surface area contributed by atoms with Gasteiger partial charge in [-0.05, 0) is 43.9 Å². The van der Waals surface area contributed by atoms with Crippen LogP contribution in [0.3, 0.4) is 0 Å². The summed E-state index contributed by atoms with van der Waals surface area (Å²) in [5, 5.41) is 12.5. The van der Waals surface area contributed by atoms with Crippen LogP contribution in [0.5, 0.6) is 0 Å². The highest BCUT2D eigenvalue weighted by Gasteiger charge is 2.52. The van der Waals surface area contributed by atoms with Crippen molar-refractivity contribution in [3.8, 4) is 0 Å². The van der Waals surface area contributed by atoms with E-state index >= 15 is 0 Å². The van der Waals surface area contributed by atoms with Gasteiger partial charge in [0.1, 0.15) is 30.5 Å². The van der Waals surface area contributed by atoms with Gasteiger partial charge in [-0.15, -0.1) is 0 Å². The van der Waals surface area contributed by atoms with E-state index < -0.39 is 80.0 Å². The second-order valence-corrected chi connectivity index (χ2v) is 18.7. The van der Waals surface area contributed by atoms with Gasteiger partial charge in [0.2, 0.25) is 5.91 Å². The number of carbonyl (C=O) groups excluding carboxylic acids is 1. The molecule has 14 nitrogen and oxygen atoms in total. The standard InChI is InChI=1S/C33H39NO6.C24H28O7/c1-22(19-25-13-7-4-8-14-25)34-31(35)24(3)38-29-23(2)32(36-20-26-15-9-5-10-16-26)39-28-21-37-33(40-30(28)29)27-17-11-6-12-18-27;1-15-20(29-16(2)22(25)26)21-19(14-28-24(31-21)18-11-7-4-8-12-18)30-23(15)27-13-17-9-5-3-6-10-17/h4-18,22-24,28-30,32-33H,19-21H2,1-3H3,(H,34,35);3-12,15-16,19-21,23-24H,13-14H2,1-2H3,(H,25,26)/t22-,23-,24+,28?,29?,30+,32+,33?;15-,16+,19?,20?,21+,23+,24?/m00/s1. The van der Waals surface area contributed by atoms with Crippen molar-refractivity contribution in [2.24, 2.45) is 11.8 Å². The van der Waals surface area contributed by atoms with E-state index in [2.05, 4.69) is 17.4 Å². The van der Waals surface area contributed by atoms with Crippen molar-refractivity contribution >= 4 is 11.9 Å². The van der Waals surface area contributed by atoms with Crippen LogP contribution >= 0.6 is 0 Å². The van der Waals surface area contributed by atoms with E-state index in [1.165, 1.54) is 12.5 Å². The highest BCUT2D eigenvalue weighted by atomic mass is 16.8. The molecule has 4 heterocycles. The zero-order chi connectivity index (χ0) is 49.7. The van der Waals surface area contributed by atoms with Crippen LogP contribution in [0.25, 0.3) is 0 Å². The summed E-state index contributed by atoms with van der Waals surface area (Å²) in [5.74, 6) is -1.63. The van der Waals surface area contributed by atoms with Gasteiger partial charge in [-0.3, -0.25) is 4.79 Å². The number of rotatable bonds is 17. The lowest BCUT2D eigenvalue weighted by molar-refractivity contribution is -0.360. The van der Waals surface area contributed by atoms with Crippen molar-refractivity contribution < 1.29 is 62.1 Å². The molecule has 9 rings (SSSR count). The molecule has 2 N–H and O–H groups in total. The molecule has 71 heavy (non-hydrogen) atoms. The largest absolute Gasteiger partial charge is 0.479 e. The summed E-state index contributed by atoms with van der Waals surface area (Å²) in [6, 6.07) is 49.3. The Kier molecular flexibility index (Phi) is 18.6. The summed E-state index contributed by atoms with van der Waals surface area (Å²) in [4.78, 5) is 24.7. The first-order chi connectivity index (χ1) is 34.5. The molecule has 14 heteroatoms. The fraction of sp³-hybridized carbons (Fsp3) is 0.439. The molecule has 5 aromatic carbocycles. The van der Waals surface area contributed by atoms with Crippen molar-refractivity contribution in [1.29, 1.82) is 0 Å². The molecule has 15 atom stereocenters. The van der Waals surface area contributed by atoms with Crippen molar-refractivity contribution in [2.75, 3.05) is 13.2 Å². The maximum Gasteiger partial charge on any atom is 0.332 e. The summed E-state index contributed by atoms with van der Waals surface area (Å²) in [6.07, 6.45) is -5.86. The lowest BCUT2D eigenvalue weighted by Crippen LogP contribution is -2.61. The minimum atomic E-state index is -1.02. The molecule has 0 radical (unpaired) electrons. The molecule has 5 aromatic rings. The van der Waals surface area contributed by atoms with E-state index in [0.717, 1.165) is 28.7 Å². The molecule has 1 amide bonds. The van der Waals surface area contributed by atoms with Crippen LogP contribution < -0.4 is 5.32 Å². The summed E-state index contributed by atoms with van der Waals surface area (Å²) in [6.45, 7) is 10.7. The Balaban J connectivity index is 0.000000197. The number of benzene rings is 5. The van der Waals surface area contributed by atoms with E-state index in [1.807, 2.05) is 160 Å². The predicted octanol–water partition coefficient (Wildman–Crippen LogP) is 8.74. The number of nitrogens with one attached hydrogen (secondary N) is 1. The van der Waals surface area contributed by atoms with E-state index in [9.17, 15) is 14.7 Å². The van der Waals surface area contributed by atoms with Gasteiger partial charge in [-0.2, -0.15) is 0 Å². The molecule has 4 aliphatic rings. The Hall–Kier alpha value is -5.36. The Morgan fingerprint density at radius 1 is 0.549 bits per heavy atom. The molecule has 378 valence electrons. The minimum Gasteiger partial charge on any atom is -0.479 e. The van der Waals surface area contributed by atoms with E-state index in [1.54, 1.807) is 6.92 Å². The topological polar surface area (TPSA) is 159 Å². The molecule has 0 spiro atoms. The van der Waals surface area contributed by atoms with Gasteiger partial charge in [-0.25, -0.2) is 4.79 Å². The average molecular weight is 974 g/mol. The summed E-state index contributed by atoms with van der Waals surface area (Å²) >= 11 is 0. The summed E-state index contributed by atoms with van der Waals surface area (Å²) < 4.78 is 61.9. The maximum atomic E-state index is 13.2. The van der Waals surface area contributed by atoms with Crippen molar-refractivity contribution in [1.82, 2.24) is 5.32 Å². The van der Waals surface area contributed by atoms with Gasteiger partial charge in [0, 0.05) is 29.0 Å². The number of carboxylic acids is 1. The number of hydrogen-bond acceptors (Lipinski definition) is 12. The number of hydrogen-bond donors (Lipinski definition) is 2. The third kappa shape index (κ3) is 14.0. The smallest absolute Gasteiger partial charge is 0.332 e. The van der Waals surface area contributed by atoms with Crippen molar-refractivity contribution in [2.45, 2.75) is 134 Å². The Morgan fingerprint density at radius 3 is 1.34 bits per heavy atom. The maximum absolute atomic E-state index is 13.2. The lowest BCUT2D eigenvalue weighted by atomic mass is 9.91. The number of aliphatic carboxylic acids is 1. The van der Waals surface area contributed by atoms with Gasteiger partial charge >= 0.3 is 5.97 Å². The zero-order valence-electron chi connectivity index (χ0n) is 41.0. The van der Waals surface area contributed by atoms with Crippen LogP contribution in [0.15, 0.2) is 152 Å². The highest BCUT2D eigenvalue weighted by Crippen LogP contribution is 2.40. The zero-order valence-corrected chi connectivity index (χ0v) is 41.0. The lowest BCUT2D eigenvalue weighted by Gasteiger charge is -2.49. The molecule has 4 fully saturated rings. The van der Waals surface area contributed by atoms with Gasteiger partial charge in [0.05, 0.1) is 38.6 Å². The Labute approximate surface area is 416 Å². The van der Waals surface area contributed by atoms with E-state index in [4.69, 9.17) is 47.4 Å². The van der Waals surface area contributed by atoms with Crippen LogP contribution in [-0.4, -0.2) is 97.7 Å². The molecule has 0 bridgehead atoms. The monoisotopic (exact) mass is 973 g/mol. The molecular formula is C57H67NO13. The molecule has 4 saturated heterocycles. The number of carbonyl (C=O) groups is 2. The quantitative estimate of drug-likeness (QED) is 0.0912. The Morgan fingerprint density at radius 2 is 0.930 bits per heavy atom. The molecule has 0 aromatic heterocycles. The average Bonchev–Trinajstić information content (AvgIpc) is 3.40. The third-order valence-corrected chi connectivity index (χ3v) is 13.1. The van der Waals surface area contributed by atoms with Gasteiger partial charge in [-0.1, -0.05) is 166 Å². The van der Waals surface area contributed by atoms with Crippen LogP contribution in [0.2, 0.25) is 0 Å². The highest BCUT2D eigenvalue weighted by molar-refractivity contribution is 5.80. The first kappa shape index (κ1) is 52.0. The summed E-state index contributed by atoms with van der Waals surface area (Å²) in [7, 11) is 0. The SMILES string of the molecule is C[C@@H](Cc1ccccc1)NC(=O)[C@@H](C)OC1[C@@H]2OC(c3ccccc3)OCC2O[C@@H](OCc2ccccc2)[C@H]1C.C[C@@H](OC1[C@@H]2OC(c3ccccc3)OCC2O[C@@H](OCc2ccccc2)[C@H]1C)C(=O)O. The molecule has 0 saturated carbocycles.